The molecule has 32 heavy (non-hydrogen) atoms. The second kappa shape index (κ2) is 8.15. The molecule has 0 aliphatic heterocycles. The Hall–Kier alpha value is -4.19. The van der Waals surface area contributed by atoms with Gasteiger partial charge in [-0.05, 0) is 29.2 Å². The number of carbonyl (C=O) groups excluding carboxylic acids is 1. The Labute approximate surface area is 185 Å². The number of carbonyl (C=O) groups is 1. The zero-order chi connectivity index (χ0) is 22.1. The van der Waals surface area contributed by atoms with Crippen LogP contribution in [-0.2, 0) is 11.3 Å². The second-order valence-electron chi connectivity index (χ2n) is 7.49. The molecule has 2 heterocycles. The molecule has 0 aliphatic carbocycles. The van der Waals surface area contributed by atoms with Gasteiger partial charge in [-0.1, -0.05) is 72.8 Å². The minimum Gasteiger partial charge on any atom is -0.486 e. The van der Waals surface area contributed by atoms with Crippen molar-refractivity contribution in [3.63, 3.8) is 0 Å². The van der Waals surface area contributed by atoms with Gasteiger partial charge in [0.25, 0.3) is 0 Å². The molecule has 3 aromatic carbocycles. The van der Waals surface area contributed by atoms with Crippen molar-refractivity contribution in [3.8, 4) is 16.9 Å². The van der Waals surface area contributed by atoms with E-state index in [0.717, 1.165) is 33.0 Å². The Morgan fingerprint density at radius 2 is 1.66 bits per heavy atom. The number of benzene rings is 3. The first-order chi connectivity index (χ1) is 15.7. The Morgan fingerprint density at radius 3 is 2.38 bits per heavy atom. The van der Waals surface area contributed by atoms with Crippen molar-refractivity contribution in [1.82, 2.24) is 14.6 Å². The van der Waals surface area contributed by atoms with E-state index >= 15 is 0 Å². The second-order valence-corrected chi connectivity index (χ2v) is 7.49. The van der Waals surface area contributed by atoms with Crippen LogP contribution >= 0.6 is 0 Å². The number of hydrogen-bond donors (Lipinski definition) is 0. The van der Waals surface area contributed by atoms with Crippen molar-refractivity contribution in [2.75, 3.05) is 7.11 Å². The molecule has 0 N–H and O–H groups in total. The number of aryl methyl sites for hydroxylation is 1. The van der Waals surface area contributed by atoms with Gasteiger partial charge in [-0.25, -0.2) is 14.3 Å². The standard InChI is InChI=1S/C26H21N3O3/c1-17-13-14-20(19-11-7-4-8-12-19)22-21(17)24(32-15-18-9-5-3-6-10-18)23(26(30)31-2)29-25(22)27-16-28-29/h3-14,16H,15H2,1-2H3. The Balaban J connectivity index is 1.85. The molecule has 0 saturated carbocycles. The third-order valence-electron chi connectivity index (χ3n) is 5.53. The Morgan fingerprint density at radius 1 is 0.938 bits per heavy atom. The van der Waals surface area contributed by atoms with Crippen LogP contribution in [0.2, 0.25) is 0 Å². The quantitative estimate of drug-likeness (QED) is 0.363. The number of aromatic nitrogens is 3. The molecular weight excluding hydrogens is 402 g/mol. The number of nitrogens with zero attached hydrogens (tertiary/aromatic N) is 3. The van der Waals surface area contributed by atoms with E-state index in [0.29, 0.717) is 18.0 Å². The highest BCUT2D eigenvalue weighted by atomic mass is 16.5. The van der Waals surface area contributed by atoms with Gasteiger partial charge in [0.1, 0.15) is 12.9 Å². The molecule has 0 amide bonds. The summed E-state index contributed by atoms with van der Waals surface area (Å²) in [5.41, 5.74) is 4.80. The van der Waals surface area contributed by atoms with E-state index in [1.54, 1.807) is 0 Å². The topological polar surface area (TPSA) is 65.7 Å². The van der Waals surface area contributed by atoms with Gasteiger partial charge >= 0.3 is 5.97 Å². The van der Waals surface area contributed by atoms with E-state index in [1.807, 2.05) is 61.5 Å². The normalized spacial score (nSPS) is 11.1. The van der Waals surface area contributed by atoms with E-state index in [1.165, 1.54) is 18.0 Å². The molecule has 2 aromatic heterocycles. The van der Waals surface area contributed by atoms with E-state index < -0.39 is 5.97 Å². The molecule has 5 aromatic rings. The van der Waals surface area contributed by atoms with Gasteiger partial charge in [-0.3, -0.25) is 0 Å². The number of pyridine rings is 1. The van der Waals surface area contributed by atoms with Gasteiger partial charge in [0, 0.05) is 10.8 Å². The first-order valence-electron chi connectivity index (χ1n) is 10.3. The lowest BCUT2D eigenvalue weighted by Gasteiger charge is -2.18. The first-order valence-corrected chi connectivity index (χ1v) is 10.3. The van der Waals surface area contributed by atoms with Crippen molar-refractivity contribution < 1.29 is 14.3 Å². The molecule has 0 radical (unpaired) electrons. The molecule has 5 rings (SSSR count). The van der Waals surface area contributed by atoms with Gasteiger partial charge in [0.2, 0.25) is 0 Å². The number of ether oxygens (including phenoxy) is 2. The van der Waals surface area contributed by atoms with Crippen molar-refractivity contribution in [3.05, 3.63) is 95.9 Å². The molecule has 158 valence electrons. The van der Waals surface area contributed by atoms with Crippen molar-refractivity contribution in [2.45, 2.75) is 13.5 Å². The molecular formula is C26H21N3O3. The molecule has 0 saturated heterocycles. The summed E-state index contributed by atoms with van der Waals surface area (Å²) in [6, 6.07) is 24.0. The third-order valence-corrected chi connectivity index (χ3v) is 5.53. The average molecular weight is 423 g/mol. The van der Waals surface area contributed by atoms with Crippen LogP contribution in [0.3, 0.4) is 0 Å². The molecule has 0 aliphatic rings. The lowest BCUT2D eigenvalue weighted by Crippen LogP contribution is -2.14. The maximum absolute atomic E-state index is 12.9. The number of fused-ring (bicyclic) bond motifs is 3. The lowest BCUT2D eigenvalue weighted by molar-refractivity contribution is 0.0585. The summed E-state index contributed by atoms with van der Waals surface area (Å²) in [7, 11) is 1.35. The summed E-state index contributed by atoms with van der Waals surface area (Å²) in [5, 5.41) is 6.04. The van der Waals surface area contributed by atoms with Gasteiger partial charge in [-0.15, -0.1) is 0 Å². The summed E-state index contributed by atoms with van der Waals surface area (Å²) >= 11 is 0. The lowest BCUT2D eigenvalue weighted by atomic mass is 9.95. The fourth-order valence-electron chi connectivity index (χ4n) is 4.03. The Bertz CT molecular complexity index is 1430. The van der Waals surface area contributed by atoms with Gasteiger partial charge < -0.3 is 9.47 Å². The first kappa shape index (κ1) is 19.8. The fourth-order valence-corrected chi connectivity index (χ4v) is 4.03. The van der Waals surface area contributed by atoms with Crippen molar-refractivity contribution >= 4 is 22.4 Å². The molecule has 0 bridgehead atoms. The van der Waals surface area contributed by atoms with Crippen LogP contribution in [0.1, 0.15) is 21.6 Å². The summed E-state index contributed by atoms with van der Waals surface area (Å²) in [5.74, 6) is -0.0982. The molecule has 0 atom stereocenters. The molecule has 6 heteroatoms. The van der Waals surface area contributed by atoms with Gasteiger partial charge in [0.05, 0.1) is 7.11 Å². The SMILES string of the molecule is COC(=O)c1c(OCc2ccccc2)c2c(C)ccc(-c3ccccc3)c2c2ncnn12. The summed E-state index contributed by atoms with van der Waals surface area (Å²) in [6.45, 7) is 2.30. The smallest absolute Gasteiger partial charge is 0.360 e. The monoisotopic (exact) mass is 423 g/mol. The maximum atomic E-state index is 12.9. The minimum atomic E-state index is -0.532. The highest BCUT2D eigenvalue weighted by Gasteiger charge is 2.26. The predicted molar refractivity (Wildman–Crippen MR) is 123 cm³/mol. The van der Waals surface area contributed by atoms with Crippen LogP contribution in [-0.4, -0.2) is 27.7 Å². The average Bonchev–Trinajstić information content (AvgIpc) is 3.33. The van der Waals surface area contributed by atoms with E-state index in [4.69, 9.17) is 9.47 Å². The van der Waals surface area contributed by atoms with Crippen LogP contribution in [0.5, 0.6) is 5.75 Å². The van der Waals surface area contributed by atoms with E-state index in [2.05, 4.69) is 28.3 Å². The van der Waals surface area contributed by atoms with Crippen LogP contribution in [0, 0.1) is 6.92 Å². The highest BCUT2D eigenvalue weighted by Crippen LogP contribution is 2.40. The fraction of sp³-hybridized carbons (Fsp3) is 0.115. The van der Waals surface area contributed by atoms with Gasteiger partial charge in [-0.2, -0.15) is 5.10 Å². The minimum absolute atomic E-state index is 0.219. The molecule has 0 spiro atoms. The van der Waals surface area contributed by atoms with Crippen LogP contribution < -0.4 is 4.74 Å². The van der Waals surface area contributed by atoms with Crippen molar-refractivity contribution in [2.24, 2.45) is 0 Å². The number of methoxy groups -OCH3 is 1. The Kier molecular flexibility index (Phi) is 5.03. The molecule has 0 unspecified atom stereocenters. The van der Waals surface area contributed by atoms with Crippen molar-refractivity contribution in [1.29, 1.82) is 0 Å². The van der Waals surface area contributed by atoms with Crippen LogP contribution in [0.4, 0.5) is 0 Å². The largest absolute Gasteiger partial charge is 0.486 e. The van der Waals surface area contributed by atoms with E-state index in [-0.39, 0.29) is 5.69 Å². The molecule has 0 fully saturated rings. The zero-order valence-electron chi connectivity index (χ0n) is 17.8. The summed E-state index contributed by atoms with van der Waals surface area (Å²) in [4.78, 5) is 17.4. The maximum Gasteiger partial charge on any atom is 0.360 e. The number of rotatable bonds is 5. The van der Waals surface area contributed by atoms with Gasteiger partial charge in [0.15, 0.2) is 17.1 Å². The van der Waals surface area contributed by atoms with E-state index in [9.17, 15) is 4.79 Å². The summed E-state index contributed by atoms with van der Waals surface area (Å²) in [6.07, 6.45) is 1.44. The predicted octanol–water partition coefficient (Wildman–Crippen LogP) is 5.22. The number of esters is 1. The highest BCUT2D eigenvalue weighted by molar-refractivity contribution is 6.12. The number of hydrogen-bond acceptors (Lipinski definition) is 5. The summed E-state index contributed by atoms with van der Waals surface area (Å²) < 4.78 is 12.9. The van der Waals surface area contributed by atoms with Crippen LogP contribution in [0.15, 0.2) is 79.1 Å². The third kappa shape index (κ3) is 3.26. The molecule has 6 nitrogen and oxygen atoms in total. The zero-order valence-corrected chi connectivity index (χ0v) is 17.8. The van der Waals surface area contributed by atoms with Crippen LogP contribution in [0.25, 0.3) is 27.5 Å².